The Labute approximate surface area is 116 Å². The molecule has 1 atom stereocenters. The fourth-order valence-corrected chi connectivity index (χ4v) is 2.91. The van der Waals surface area contributed by atoms with Gasteiger partial charge in [0.2, 0.25) is 15.9 Å². The molecule has 2 N–H and O–H groups in total. The largest absolute Gasteiger partial charge is 0.497 e. The Balaban J connectivity index is 2.35. The number of anilines is 1. The first-order valence-electron chi connectivity index (χ1n) is 5.48. The molecule has 0 spiro atoms. The first-order chi connectivity index (χ1) is 8.82. The summed E-state index contributed by atoms with van der Waals surface area (Å²) in [4.78, 5) is 13.2. The van der Waals surface area contributed by atoms with Gasteiger partial charge in [0.05, 0.1) is 17.8 Å². The molecule has 8 heteroatoms. The van der Waals surface area contributed by atoms with Crippen molar-refractivity contribution >= 4 is 33.2 Å². The van der Waals surface area contributed by atoms with Crippen molar-refractivity contribution in [2.24, 2.45) is 5.14 Å². The minimum Gasteiger partial charge on any atom is -0.497 e. The fraction of sp³-hybridized carbons (Fsp3) is 0.364. The highest BCUT2D eigenvalue weighted by Gasteiger charge is 2.37. The van der Waals surface area contributed by atoms with Crippen LogP contribution in [-0.4, -0.2) is 33.2 Å². The second-order valence-corrected chi connectivity index (χ2v) is 6.49. The maximum absolute atomic E-state index is 11.9. The number of hydrogen-bond donors (Lipinski definition) is 1. The van der Waals surface area contributed by atoms with Crippen molar-refractivity contribution in [3.63, 3.8) is 0 Å². The smallest absolute Gasteiger partial charge is 0.228 e. The number of halogens is 1. The maximum Gasteiger partial charge on any atom is 0.228 e. The molecule has 104 valence electrons. The molecule has 2 rings (SSSR count). The predicted molar refractivity (Wildman–Crippen MR) is 71.9 cm³/mol. The molecule has 0 bridgehead atoms. The number of ether oxygens (including phenoxy) is 1. The second-order valence-electron chi connectivity index (χ2n) is 4.24. The molecule has 0 radical (unpaired) electrons. The van der Waals surface area contributed by atoms with Gasteiger partial charge in [-0.1, -0.05) is 11.6 Å². The molecule has 1 heterocycles. The van der Waals surface area contributed by atoms with E-state index in [0.29, 0.717) is 16.5 Å². The molecule has 6 nitrogen and oxygen atoms in total. The van der Waals surface area contributed by atoms with Gasteiger partial charge in [0.1, 0.15) is 11.0 Å². The lowest BCUT2D eigenvalue weighted by atomic mass is 10.2. The Morgan fingerprint density at radius 2 is 2.16 bits per heavy atom. The van der Waals surface area contributed by atoms with Crippen molar-refractivity contribution in [2.45, 2.75) is 11.7 Å². The summed E-state index contributed by atoms with van der Waals surface area (Å²) in [6.07, 6.45) is -0.133. The van der Waals surface area contributed by atoms with Crippen LogP contribution in [0.3, 0.4) is 0 Å². The molecule has 0 aromatic heterocycles. The average molecular weight is 305 g/mol. The van der Waals surface area contributed by atoms with Crippen LogP contribution in [0.15, 0.2) is 18.2 Å². The van der Waals surface area contributed by atoms with Crippen molar-refractivity contribution in [1.29, 1.82) is 0 Å². The quantitative estimate of drug-likeness (QED) is 0.892. The van der Waals surface area contributed by atoms with Gasteiger partial charge in [-0.05, 0) is 12.1 Å². The predicted octanol–water partition coefficient (Wildman–Crippen LogP) is 0.742. The highest BCUT2D eigenvalue weighted by atomic mass is 35.5. The van der Waals surface area contributed by atoms with E-state index < -0.39 is 15.3 Å². The number of primary sulfonamides is 1. The van der Waals surface area contributed by atoms with Crippen molar-refractivity contribution in [3.05, 3.63) is 23.2 Å². The normalized spacial score (nSPS) is 19.8. The Morgan fingerprint density at radius 3 is 2.68 bits per heavy atom. The van der Waals surface area contributed by atoms with Crippen LogP contribution in [-0.2, 0) is 14.8 Å². The van der Waals surface area contributed by atoms with Crippen molar-refractivity contribution in [1.82, 2.24) is 0 Å². The molecule has 19 heavy (non-hydrogen) atoms. The van der Waals surface area contributed by atoms with E-state index in [2.05, 4.69) is 0 Å². The Hall–Kier alpha value is -1.31. The molecule has 1 saturated heterocycles. The van der Waals surface area contributed by atoms with Gasteiger partial charge in [-0.25, -0.2) is 13.6 Å². The van der Waals surface area contributed by atoms with Crippen molar-refractivity contribution < 1.29 is 17.9 Å². The molecule has 1 aliphatic heterocycles. The minimum absolute atomic E-state index is 0.00452. The zero-order chi connectivity index (χ0) is 14.2. The lowest BCUT2D eigenvalue weighted by Gasteiger charge is -2.18. The van der Waals surface area contributed by atoms with Gasteiger partial charge in [-0.3, -0.25) is 4.79 Å². The number of carbonyl (C=O) groups is 1. The SMILES string of the molecule is COc1ccc(Cl)c(N2CC(S(N)(=O)=O)CC2=O)c1. The van der Waals surface area contributed by atoms with E-state index in [1.54, 1.807) is 18.2 Å². The lowest BCUT2D eigenvalue weighted by Crippen LogP contribution is -2.32. The maximum atomic E-state index is 11.9. The van der Waals surface area contributed by atoms with Gasteiger partial charge in [0.15, 0.2) is 0 Å². The molecule has 0 aliphatic carbocycles. The highest BCUT2D eigenvalue weighted by molar-refractivity contribution is 7.89. The number of rotatable bonds is 3. The van der Waals surface area contributed by atoms with Crippen LogP contribution in [0.4, 0.5) is 5.69 Å². The first kappa shape index (κ1) is 14.1. The summed E-state index contributed by atoms with van der Waals surface area (Å²) < 4.78 is 27.7. The summed E-state index contributed by atoms with van der Waals surface area (Å²) in [6.45, 7) is 0.00452. The van der Waals surface area contributed by atoms with E-state index in [-0.39, 0.29) is 18.9 Å². The second kappa shape index (κ2) is 4.99. The Kier molecular flexibility index (Phi) is 3.71. The molecule has 1 aromatic rings. The molecule has 1 unspecified atom stereocenters. The van der Waals surface area contributed by atoms with Crippen LogP contribution in [0.25, 0.3) is 0 Å². The summed E-state index contributed by atoms with van der Waals surface area (Å²) in [5.74, 6) is 0.209. The first-order valence-corrected chi connectivity index (χ1v) is 7.47. The Morgan fingerprint density at radius 1 is 1.47 bits per heavy atom. The van der Waals surface area contributed by atoms with Crippen LogP contribution in [0, 0.1) is 0 Å². The third-order valence-electron chi connectivity index (χ3n) is 3.00. The molecular weight excluding hydrogens is 292 g/mol. The van der Waals surface area contributed by atoms with Gasteiger partial charge in [-0.15, -0.1) is 0 Å². The number of hydrogen-bond acceptors (Lipinski definition) is 4. The van der Waals surface area contributed by atoms with Gasteiger partial charge in [-0.2, -0.15) is 0 Å². The topological polar surface area (TPSA) is 89.7 Å². The average Bonchev–Trinajstić information content (AvgIpc) is 2.72. The number of amides is 1. The van der Waals surface area contributed by atoms with E-state index in [1.807, 2.05) is 0 Å². The number of carbonyl (C=O) groups excluding carboxylic acids is 1. The summed E-state index contributed by atoms with van der Waals surface area (Å²) in [5, 5.41) is 4.52. The van der Waals surface area contributed by atoms with E-state index >= 15 is 0 Å². The van der Waals surface area contributed by atoms with Crippen molar-refractivity contribution in [3.8, 4) is 5.75 Å². The molecule has 1 aliphatic rings. The van der Waals surface area contributed by atoms with Crippen LogP contribution in [0.5, 0.6) is 5.75 Å². The standard InChI is InChI=1S/C11H13ClN2O4S/c1-18-7-2-3-9(12)10(4-7)14-6-8(5-11(14)15)19(13,16)17/h2-4,8H,5-6H2,1H3,(H2,13,16,17). The van der Waals surface area contributed by atoms with Crippen LogP contribution < -0.4 is 14.8 Å². The zero-order valence-corrected chi connectivity index (χ0v) is 11.7. The van der Waals surface area contributed by atoms with Gasteiger partial charge in [0, 0.05) is 19.0 Å². The molecule has 1 fully saturated rings. The summed E-state index contributed by atoms with van der Waals surface area (Å²) in [5.41, 5.74) is 0.428. The summed E-state index contributed by atoms with van der Waals surface area (Å²) >= 11 is 6.03. The van der Waals surface area contributed by atoms with E-state index in [0.717, 1.165) is 0 Å². The number of benzene rings is 1. The summed E-state index contributed by atoms with van der Waals surface area (Å²) in [6, 6.07) is 4.84. The van der Waals surface area contributed by atoms with Gasteiger partial charge < -0.3 is 9.64 Å². The number of methoxy groups -OCH3 is 1. The van der Waals surface area contributed by atoms with Crippen LogP contribution >= 0.6 is 11.6 Å². The van der Waals surface area contributed by atoms with Crippen molar-refractivity contribution in [2.75, 3.05) is 18.6 Å². The Bertz CT molecular complexity index is 617. The fourth-order valence-electron chi connectivity index (χ4n) is 1.95. The van der Waals surface area contributed by atoms with Crippen LogP contribution in [0.1, 0.15) is 6.42 Å². The molecular formula is C11H13ClN2O4S. The number of sulfonamides is 1. The van der Waals surface area contributed by atoms with E-state index in [1.165, 1.54) is 12.0 Å². The monoisotopic (exact) mass is 304 g/mol. The van der Waals surface area contributed by atoms with Crippen LogP contribution in [0.2, 0.25) is 5.02 Å². The number of nitrogens with two attached hydrogens (primary N) is 1. The molecule has 1 aromatic carbocycles. The molecule has 1 amide bonds. The summed E-state index contributed by atoms with van der Waals surface area (Å²) in [7, 11) is -2.25. The third-order valence-corrected chi connectivity index (χ3v) is 4.56. The third kappa shape index (κ3) is 2.83. The van der Waals surface area contributed by atoms with E-state index in [4.69, 9.17) is 21.5 Å². The molecule has 0 saturated carbocycles. The van der Waals surface area contributed by atoms with Gasteiger partial charge >= 0.3 is 0 Å². The highest BCUT2D eigenvalue weighted by Crippen LogP contribution is 2.33. The zero-order valence-electron chi connectivity index (χ0n) is 10.2. The van der Waals surface area contributed by atoms with E-state index in [9.17, 15) is 13.2 Å². The number of nitrogens with zero attached hydrogens (tertiary/aromatic N) is 1. The minimum atomic E-state index is -3.74. The lowest BCUT2D eigenvalue weighted by molar-refractivity contribution is -0.117. The van der Waals surface area contributed by atoms with Gasteiger partial charge in [0.25, 0.3) is 0 Å².